The van der Waals surface area contributed by atoms with Crippen LogP contribution in [-0.2, 0) is 4.74 Å². The van der Waals surface area contributed by atoms with E-state index in [9.17, 15) is 13.6 Å². The quantitative estimate of drug-likeness (QED) is 0.813. The van der Waals surface area contributed by atoms with Crippen LogP contribution in [0.1, 0.15) is 27.2 Å². The molecule has 0 radical (unpaired) electrons. The van der Waals surface area contributed by atoms with E-state index >= 15 is 0 Å². The van der Waals surface area contributed by atoms with Crippen LogP contribution < -0.4 is 5.73 Å². The fraction of sp³-hybridized carbons (Fsp3) is 0.909. The number of ether oxygens (including phenoxy) is 1. The first-order chi connectivity index (χ1) is 7.69. The molecule has 0 aromatic carbocycles. The molecule has 0 spiro atoms. The Bertz CT molecular complexity index is 279. The van der Waals surface area contributed by atoms with E-state index < -0.39 is 24.2 Å². The second-order valence-corrected chi connectivity index (χ2v) is 5.44. The largest absolute Gasteiger partial charge is 0.444 e. The average Bonchev–Trinajstić information content (AvgIpc) is 2.44. The summed E-state index contributed by atoms with van der Waals surface area (Å²) in [5, 5.41) is 0. The molecule has 0 saturated carbocycles. The van der Waals surface area contributed by atoms with Gasteiger partial charge in [0.2, 0.25) is 6.43 Å². The van der Waals surface area contributed by atoms with Crippen molar-refractivity contribution in [1.29, 1.82) is 0 Å². The summed E-state index contributed by atoms with van der Waals surface area (Å²) in [4.78, 5) is 13.1. The molecule has 0 aromatic heterocycles. The lowest BCUT2D eigenvalue weighted by molar-refractivity contribution is 0.0278. The summed E-state index contributed by atoms with van der Waals surface area (Å²) in [6, 6.07) is -0.392. The molecule has 1 heterocycles. The van der Waals surface area contributed by atoms with Gasteiger partial charge in [0.05, 0.1) is 0 Å². The van der Waals surface area contributed by atoms with E-state index in [-0.39, 0.29) is 25.4 Å². The predicted molar refractivity (Wildman–Crippen MR) is 59.9 cm³/mol. The molecule has 2 atom stereocenters. The van der Waals surface area contributed by atoms with Crippen molar-refractivity contribution >= 4 is 6.09 Å². The van der Waals surface area contributed by atoms with Gasteiger partial charge in [0.1, 0.15) is 5.60 Å². The third-order valence-electron chi connectivity index (χ3n) is 2.62. The summed E-state index contributed by atoms with van der Waals surface area (Å²) in [7, 11) is 0. The number of halogens is 2. The summed E-state index contributed by atoms with van der Waals surface area (Å²) in [6.45, 7) is 5.82. The van der Waals surface area contributed by atoms with Crippen molar-refractivity contribution in [2.75, 3.05) is 13.1 Å². The first-order valence-corrected chi connectivity index (χ1v) is 5.70. The maximum atomic E-state index is 12.3. The Morgan fingerprint density at radius 1 is 1.47 bits per heavy atom. The summed E-state index contributed by atoms with van der Waals surface area (Å²) < 4.78 is 29.7. The minimum Gasteiger partial charge on any atom is -0.444 e. The monoisotopic (exact) mass is 250 g/mol. The molecule has 1 amide bonds. The average molecular weight is 250 g/mol. The Hall–Kier alpha value is -0.910. The lowest BCUT2D eigenvalue weighted by Crippen LogP contribution is -2.36. The molecule has 1 aliphatic rings. The highest BCUT2D eigenvalue weighted by atomic mass is 19.3. The molecule has 4 nitrogen and oxygen atoms in total. The number of hydrogen-bond donors (Lipinski definition) is 1. The lowest BCUT2D eigenvalue weighted by atomic mass is 10.0. The summed E-state index contributed by atoms with van der Waals surface area (Å²) in [6.07, 6.45) is -3.13. The van der Waals surface area contributed by atoms with Gasteiger partial charge in [-0.3, -0.25) is 0 Å². The highest BCUT2D eigenvalue weighted by Gasteiger charge is 2.36. The van der Waals surface area contributed by atoms with Crippen LogP contribution in [0.4, 0.5) is 13.6 Å². The highest BCUT2D eigenvalue weighted by molar-refractivity contribution is 5.68. The van der Waals surface area contributed by atoms with E-state index in [0.29, 0.717) is 0 Å². The Morgan fingerprint density at radius 3 is 2.53 bits per heavy atom. The van der Waals surface area contributed by atoms with Gasteiger partial charge in [0, 0.05) is 25.6 Å². The first-order valence-electron chi connectivity index (χ1n) is 5.70. The fourth-order valence-corrected chi connectivity index (χ4v) is 1.85. The molecular formula is C11H20F2N2O2. The van der Waals surface area contributed by atoms with E-state index in [1.165, 1.54) is 4.90 Å². The zero-order valence-electron chi connectivity index (χ0n) is 10.5. The number of amides is 1. The van der Waals surface area contributed by atoms with Crippen LogP contribution >= 0.6 is 0 Å². The number of rotatable bonds is 2. The number of likely N-dealkylation sites (tertiary alicyclic amines) is 1. The molecule has 1 aliphatic heterocycles. The second-order valence-electron chi connectivity index (χ2n) is 5.44. The number of carbonyl (C=O) groups is 1. The standard InChI is InChI=1S/C11H20F2N2O2/c1-11(2,3)17-10(16)15-5-7(4-9(12)13)8(14)6-15/h7-9H,4-6,14H2,1-3H3. The zero-order chi connectivity index (χ0) is 13.2. The van der Waals surface area contributed by atoms with Gasteiger partial charge < -0.3 is 15.4 Å². The third-order valence-corrected chi connectivity index (χ3v) is 2.62. The number of alkyl halides is 2. The first kappa shape index (κ1) is 14.2. The molecule has 6 heteroatoms. The number of carbonyl (C=O) groups excluding carboxylic acids is 1. The number of nitrogens with two attached hydrogens (primary N) is 1. The van der Waals surface area contributed by atoms with Crippen molar-refractivity contribution in [3.63, 3.8) is 0 Å². The fourth-order valence-electron chi connectivity index (χ4n) is 1.85. The van der Waals surface area contributed by atoms with Crippen LogP contribution in [0.2, 0.25) is 0 Å². The molecule has 1 saturated heterocycles. The van der Waals surface area contributed by atoms with Crippen molar-refractivity contribution in [3.8, 4) is 0 Å². The van der Waals surface area contributed by atoms with Gasteiger partial charge in [-0.15, -0.1) is 0 Å². The van der Waals surface area contributed by atoms with Gasteiger partial charge in [0.25, 0.3) is 0 Å². The van der Waals surface area contributed by atoms with Crippen LogP contribution in [0.3, 0.4) is 0 Å². The van der Waals surface area contributed by atoms with E-state index in [1.807, 2.05) is 0 Å². The van der Waals surface area contributed by atoms with E-state index in [2.05, 4.69) is 0 Å². The molecular weight excluding hydrogens is 230 g/mol. The molecule has 100 valence electrons. The Balaban J connectivity index is 2.51. The molecule has 0 aliphatic carbocycles. The van der Waals surface area contributed by atoms with Crippen molar-refractivity contribution < 1.29 is 18.3 Å². The van der Waals surface area contributed by atoms with Crippen LogP contribution in [0.5, 0.6) is 0 Å². The molecule has 1 rings (SSSR count). The van der Waals surface area contributed by atoms with Gasteiger partial charge in [0.15, 0.2) is 0 Å². The molecule has 1 fully saturated rings. The summed E-state index contributed by atoms with van der Waals surface area (Å²) in [5.74, 6) is -0.345. The van der Waals surface area contributed by atoms with Crippen LogP contribution in [0, 0.1) is 5.92 Å². The highest BCUT2D eigenvalue weighted by Crippen LogP contribution is 2.23. The van der Waals surface area contributed by atoms with Crippen molar-refractivity contribution in [3.05, 3.63) is 0 Å². The molecule has 2 unspecified atom stereocenters. The second kappa shape index (κ2) is 5.16. The van der Waals surface area contributed by atoms with E-state index in [1.54, 1.807) is 20.8 Å². The predicted octanol–water partition coefficient (Wildman–Crippen LogP) is 1.84. The maximum Gasteiger partial charge on any atom is 0.410 e. The van der Waals surface area contributed by atoms with Gasteiger partial charge in [-0.2, -0.15) is 0 Å². The molecule has 17 heavy (non-hydrogen) atoms. The van der Waals surface area contributed by atoms with Gasteiger partial charge in [-0.05, 0) is 26.7 Å². The van der Waals surface area contributed by atoms with Gasteiger partial charge >= 0.3 is 6.09 Å². The number of hydrogen-bond acceptors (Lipinski definition) is 3. The maximum absolute atomic E-state index is 12.3. The van der Waals surface area contributed by atoms with Crippen molar-refractivity contribution in [2.45, 2.75) is 45.3 Å². The Kier molecular flexibility index (Phi) is 4.30. The summed E-state index contributed by atoms with van der Waals surface area (Å²) in [5.41, 5.74) is 5.16. The smallest absolute Gasteiger partial charge is 0.410 e. The summed E-state index contributed by atoms with van der Waals surface area (Å²) >= 11 is 0. The molecule has 0 aromatic rings. The van der Waals surface area contributed by atoms with Crippen LogP contribution in [0.25, 0.3) is 0 Å². The van der Waals surface area contributed by atoms with Gasteiger partial charge in [-0.1, -0.05) is 0 Å². The van der Waals surface area contributed by atoms with Crippen LogP contribution in [-0.4, -0.2) is 42.2 Å². The zero-order valence-corrected chi connectivity index (χ0v) is 10.5. The Labute approximate surface area is 100 Å². The minimum absolute atomic E-state index is 0.250. The SMILES string of the molecule is CC(C)(C)OC(=O)N1CC(N)C(CC(F)F)C1. The third kappa shape index (κ3) is 4.46. The van der Waals surface area contributed by atoms with E-state index in [0.717, 1.165) is 0 Å². The molecule has 2 N–H and O–H groups in total. The van der Waals surface area contributed by atoms with Gasteiger partial charge in [-0.25, -0.2) is 13.6 Å². The number of nitrogens with zero attached hydrogens (tertiary/aromatic N) is 1. The topological polar surface area (TPSA) is 55.6 Å². The Morgan fingerprint density at radius 2 is 2.06 bits per heavy atom. The van der Waals surface area contributed by atoms with Crippen molar-refractivity contribution in [1.82, 2.24) is 4.90 Å². The normalized spacial score (nSPS) is 25.5. The molecule has 0 bridgehead atoms. The van der Waals surface area contributed by atoms with Crippen LogP contribution in [0.15, 0.2) is 0 Å². The van der Waals surface area contributed by atoms with Crippen molar-refractivity contribution in [2.24, 2.45) is 11.7 Å². The minimum atomic E-state index is -2.38. The van der Waals surface area contributed by atoms with E-state index in [4.69, 9.17) is 10.5 Å². The lowest BCUT2D eigenvalue weighted by Gasteiger charge is -2.24.